The number of benzene rings is 1. The first-order valence-electron chi connectivity index (χ1n) is 13.3. The summed E-state index contributed by atoms with van der Waals surface area (Å²) in [5.74, 6) is -1.09. The molecule has 6 rings (SSSR count). The first kappa shape index (κ1) is 23.1. The van der Waals surface area contributed by atoms with Crippen LogP contribution in [0.3, 0.4) is 0 Å². The molecule has 5 fully saturated rings. The molecule has 2 saturated heterocycles. The van der Waals surface area contributed by atoms with Crippen molar-refractivity contribution in [2.45, 2.75) is 119 Å². The van der Waals surface area contributed by atoms with Crippen LogP contribution in [0.2, 0.25) is 0 Å². The fraction of sp³-hybridized carbons (Fsp3) is 0.714. The fourth-order valence-corrected chi connectivity index (χ4v) is 6.68. The summed E-state index contributed by atoms with van der Waals surface area (Å²) in [6, 6.07) is 10.3. The van der Waals surface area contributed by atoms with Crippen molar-refractivity contribution in [2.75, 3.05) is 6.61 Å². The van der Waals surface area contributed by atoms with Gasteiger partial charge in [-0.15, -0.1) is 6.58 Å². The molecule has 0 bridgehead atoms. The molecule has 34 heavy (non-hydrogen) atoms. The Bertz CT molecular complexity index is 789. The van der Waals surface area contributed by atoms with Gasteiger partial charge in [-0.25, -0.2) is 0 Å². The van der Waals surface area contributed by atoms with Gasteiger partial charge in [0.1, 0.15) is 36.6 Å². The third kappa shape index (κ3) is 4.27. The van der Waals surface area contributed by atoms with Crippen LogP contribution in [0.25, 0.3) is 0 Å². The molecule has 2 heterocycles. The van der Waals surface area contributed by atoms with E-state index in [1.165, 1.54) is 12.8 Å². The molecule has 6 heteroatoms. The maximum absolute atomic E-state index is 6.80. The Morgan fingerprint density at radius 3 is 1.65 bits per heavy atom. The van der Waals surface area contributed by atoms with Crippen LogP contribution in [-0.2, 0) is 35.0 Å². The van der Waals surface area contributed by atoms with E-state index in [0.29, 0.717) is 13.2 Å². The standard InChI is InChI=1S/C28H38O6/c1-2-18-29-21-23-25(33-27(31-23)14-8-4-9-15-27)22(30-19-20-12-6-3-7-13-20)26-24(21)32-28(34-26)16-10-5-11-17-28/h2-3,6-7,12-13,21-26H,1,4-5,8-11,14-19H2/t21?,22?,23-,24+,25-,26-/m1/s1. The highest BCUT2D eigenvalue weighted by Crippen LogP contribution is 2.52. The quantitative estimate of drug-likeness (QED) is 0.543. The minimum atomic E-state index is -0.543. The molecule has 2 spiro atoms. The summed E-state index contributed by atoms with van der Waals surface area (Å²) in [5, 5.41) is 0. The molecule has 1 aromatic carbocycles. The largest absolute Gasteiger partial charge is 0.369 e. The first-order chi connectivity index (χ1) is 16.7. The van der Waals surface area contributed by atoms with Crippen molar-refractivity contribution in [3.05, 3.63) is 48.6 Å². The van der Waals surface area contributed by atoms with Crippen LogP contribution in [0.15, 0.2) is 43.0 Å². The second kappa shape index (κ2) is 9.64. The third-order valence-corrected chi connectivity index (χ3v) is 8.27. The lowest BCUT2D eigenvalue weighted by Crippen LogP contribution is -2.63. The van der Waals surface area contributed by atoms with Crippen molar-refractivity contribution >= 4 is 0 Å². The molecule has 5 aliphatic rings. The number of rotatable bonds is 6. The van der Waals surface area contributed by atoms with Gasteiger partial charge in [0.15, 0.2) is 11.6 Å². The zero-order valence-electron chi connectivity index (χ0n) is 20.1. The van der Waals surface area contributed by atoms with E-state index in [1.54, 1.807) is 6.08 Å². The fourth-order valence-electron chi connectivity index (χ4n) is 6.68. The van der Waals surface area contributed by atoms with Crippen molar-refractivity contribution in [3.63, 3.8) is 0 Å². The van der Waals surface area contributed by atoms with E-state index in [9.17, 15) is 0 Å². The molecular weight excluding hydrogens is 432 g/mol. The van der Waals surface area contributed by atoms with E-state index in [1.807, 2.05) is 18.2 Å². The number of hydrogen-bond donors (Lipinski definition) is 0. The van der Waals surface area contributed by atoms with Crippen LogP contribution in [0.4, 0.5) is 0 Å². The summed E-state index contributed by atoms with van der Waals surface area (Å²) in [5.41, 5.74) is 1.14. The normalized spacial score (nSPS) is 38.0. The van der Waals surface area contributed by atoms with E-state index in [0.717, 1.165) is 56.9 Å². The molecule has 2 aliphatic heterocycles. The van der Waals surface area contributed by atoms with Crippen molar-refractivity contribution in [3.8, 4) is 0 Å². The van der Waals surface area contributed by atoms with Gasteiger partial charge in [0.2, 0.25) is 0 Å². The van der Waals surface area contributed by atoms with E-state index in [-0.39, 0.29) is 36.6 Å². The summed E-state index contributed by atoms with van der Waals surface area (Å²) < 4.78 is 40.1. The van der Waals surface area contributed by atoms with Crippen molar-refractivity contribution in [1.29, 1.82) is 0 Å². The Labute approximate surface area is 202 Å². The summed E-state index contributed by atoms with van der Waals surface area (Å²) in [6.07, 6.45) is 10.9. The van der Waals surface area contributed by atoms with Gasteiger partial charge >= 0.3 is 0 Å². The van der Waals surface area contributed by atoms with E-state index in [4.69, 9.17) is 28.4 Å². The second-order valence-corrected chi connectivity index (χ2v) is 10.6. The van der Waals surface area contributed by atoms with Crippen molar-refractivity contribution < 1.29 is 28.4 Å². The molecule has 2 unspecified atom stereocenters. The predicted molar refractivity (Wildman–Crippen MR) is 126 cm³/mol. The van der Waals surface area contributed by atoms with Crippen LogP contribution in [0.1, 0.15) is 69.8 Å². The Balaban J connectivity index is 1.31. The zero-order chi connectivity index (χ0) is 23.0. The zero-order valence-corrected chi connectivity index (χ0v) is 20.1. The Hall–Kier alpha value is -1.28. The predicted octanol–water partition coefficient (Wildman–Crippen LogP) is 5.05. The lowest BCUT2D eigenvalue weighted by Gasteiger charge is -2.42. The van der Waals surface area contributed by atoms with Crippen LogP contribution < -0.4 is 0 Å². The van der Waals surface area contributed by atoms with E-state index < -0.39 is 11.6 Å². The van der Waals surface area contributed by atoms with Gasteiger partial charge in [0.05, 0.1) is 13.2 Å². The molecule has 3 saturated carbocycles. The van der Waals surface area contributed by atoms with Gasteiger partial charge in [-0.2, -0.15) is 0 Å². The summed E-state index contributed by atoms with van der Waals surface area (Å²) in [4.78, 5) is 0. The Morgan fingerprint density at radius 1 is 0.706 bits per heavy atom. The van der Waals surface area contributed by atoms with Gasteiger partial charge in [-0.3, -0.25) is 0 Å². The van der Waals surface area contributed by atoms with Gasteiger partial charge in [-0.05, 0) is 31.2 Å². The highest BCUT2D eigenvalue weighted by Gasteiger charge is 2.66. The maximum Gasteiger partial charge on any atom is 0.169 e. The average Bonchev–Trinajstić information content (AvgIpc) is 3.41. The topological polar surface area (TPSA) is 55.4 Å². The van der Waals surface area contributed by atoms with Crippen molar-refractivity contribution in [1.82, 2.24) is 0 Å². The summed E-state index contributed by atoms with van der Waals surface area (Å²) in [7, 11) is 0. The second-order valence-electron chi connectivity index (χ2n) is 10.6. The molecular formula is C28H38O6. The summed E-state index contributed by atoms with van der Waals surface area (Å²) >= 11 is 0. The monoisotopic (exact) mass is 470 g/mol. The molecule has 0 N–H and O–H groups in total. The molecule has 0 radical (unpaired) electrons. The van der Waals surface area contributed by atoms with Crippen LogP contribution >= 0.6 is 0 Å². The van der Waals surface area contributed by atoms with Crippen LogP contribution in [-0.4, -0.2) is 54.8 Å². The van der Waals surface area contributed by atoms with Crippen LogP contribution in [0.5, 0.6) is 0 Å². The third-order valence-electron chi connectivity index (χ3n) is 8.27. The average molecular weight is 471 g/mol. The molecule has 186 valence electrons. The minimum absolute atomic E-state index is 0.248. The smallest absolute Gasteiger partial charge is 0.169 e. The lowest BCUT2D eigenvalue weighted by molar-refractivity contribution is -0.228. The van der Waals surface area contributed by atoms with Gasteiger partial charge in [-0.1, -0.05) is 49.2 Å². The minimum Gasteiger partial charge on any atom is -0.369 e. The van der Waals surface area contributed by atoms with Crippen molar-refractivity contribution in [2.24, 2.45) is 0 Å². The molecule has 0 amide bonds. The van der Waals surface area contributed by atoms with Gasteiger partial charge in [0, 0.05) is 25.7 Å². The first-order valence-corrected chi connectivity index (χ1v) is 13.3. The van der Waals surface area contributed by atoms with E-state index in [2.05, 4.69) is 18.7 Å². The van der Waals surface area contributed by atoms with Crippen LogP contribution in [0, 0.1) is 0 Å². The highest BCUT2D eigenvalue weighted by molar-refractivity contribution is 5.15. The number of hydrogen-bond acceptors (Lipinski definition) is 6. The molecule has 1 aromatic rings. The van der Waals surface area contributed by atoms with Gasteiger partial charge < -0.3 is 28.4 Å². The highest BCUT2D eigenvalue weighted by atomic mass is 16.8. The Morgan fingerprint density at radius 2 is 1.18 bits per heavy atom. The van der Waals surface area contributed by atoms with E-state index >= 15 is 0 Å². The molecule has 6 nitrogen and oxygen atoms in total. The lowest BCUT2D eigenvalue weighted by atomic mass is 9.84. The SMILES string of the molecule is C=CCOC1[C@H]2OC3(CCCCC3)O[C@@H]2C(OCc2ccccc2)[C@H]2OC3(CCCCC3)O[C@@H]12. The Kier molecular flexibility index (Phi) is 6.56. The molecule has 0 aromatic heterocycles. The molecule has 6 atom stereocenters. The number of ether oxygens (including phenoxy) is 6. The van der Waals surface area contributed by atoms with Gasteiger partial charge in [0.25, 0.3) is 0 Å². The number of fused-ring (bicyclic) bond motifs is 2. The molecule has 3 aliphatic carbocycles. The summed E-state index contributed by atoms with van der Waals surface area (Å²) in [6.45, 7) is 4.81. The maximum atomic E-state index is 6.80.